The third-order valence-electron chi connectivity index (χ3n) is 6.82. The molecule has 0 radical (unpaired) electrons. The molecule has 3 fully saturated rings. The summed E-state index contributed by atoms with van der Waals surface area (Å²) >= 11 is 0. The predicted molar refractivity (Wildman–Crippen MR) is 113 cm³/mol. The molecule has 1 aromatic carbocycles. The van der Waals surface area contributed by atoms with Crippen LogP contribution in [0.3, 0.4) is 0 Å². The lowest BCUT2D eigenvalue weighted by molar-refractivity contribution is -0.137. The van der Waals surface area contributed by atoms with Gasteiger partial charge in [0.05, 0.1) is 31.6 Å². The van der Waals surface area contributed by atoms with Gasteiger partial charge in [-0.2, -0.15) is 13.2 Å². The van der Waals surface area contributed by atoms with E-state index in [4.69, 9.17) is 9.47 Å². The van der Waals surface area contributed by atoms with Crippen molar-refractivity contribution in [2.75, 3.05) is 44.8 Å². The van der Waals surface area contributed by atoms with Crippen LogP contribution in [-0.4, -0.2) is 66.7 Å². The molecule has 1 N–H and O–H groups in total. The smallest absolute Gasteiger partial charge is 0.376 e. The normalized spacial score (nSPS) is 27.7. The van der Waals surface area contributed by atoms with Crippen LogP contribution in [0, 0.1) is 23.5 Å². The minimum absolute atomic E-state index is 0.0626. The Balaban J connectivity index is 1.26. The third kappa shape index (κ3) is 5.01. The summed E-state index contributed by atoms with van der Waals surface area (Å²) in [7, 11) is 0. The van der Waals surface area contributed by atoms with Crippen LogP contribution < -0.4 is 5.32 Å². The monoisotopic (exact) mass is 484 g/mol. The van der Waals surface area contributed by atoms with Crippen molar-refractivity contribution in [2.24, 2.45) is 11.8 Å². The highest BCUT2D eigenvalue weighted by Crippen LogP contribution is 2.41. The van der Waals surface area contributed by atoms with E-state index in [-0.39, 0.29) is 29.2 Å². The summed E-state index contributed by atoms with van der Waals surface area (Å²) in [5, 5.41) is 10.4. The van der Waals surface area contributed by atoms with Gasteiger partial charge in [0, 0.05) is 31.2 Å². The topological polar surface area (TPSA) is 59.5 Å². The zero-order valence-corrected chi connectivity index (χ0v) is 18.3. The molecule has 5 rings (SSSR count). The van der Waals surface area contributed by atoms with Crippen molar-refractivity contribution >= 4 is 5.82 Å². The van der Waals surface area contributed by atoms with Crippen molar-refractivity contribution in [1.82, 2.24) is 15.1 Å². The molecule has 0 unspecified atom stereocenters. The van der Waals surface area contributed by atoms with E-state index in [2.05, 4.69) is 20.4 Å². The maximum absolute atomic E-state index is 14.1. The van der Waals surface area contributed by atoms with Crippen LogP contribution in [0.5, 0.6) is 0 Å². The molecule has 0 spiro atoms. The van der Waals surface area contributed by atoms with Gasteiger partial charge in [-0.05, 0) is 48.9 Å². The SMILES string of the molecule is Fc1ccc(F)c(-c2cc(C(F)(F)F)c(N[C@@H]3C[C@@H]4CN(C[C@@H]5COCCO5)C[C@@H]4C3)nn2)c1. The van der Waals surface area contributed by atoms with Crippen LogP contribution in [0.25, 0.3) is 11.3 Å². The molecule has 184 valence electrons. The quantitative estimate of drug-likeness (QED) is 0.648. The Morgan fingerprint density at radius 3 is 2.47 bits per heavy atom. The number of nitrogens with one attached hydrogen (secondary N) is 1. The number of alkyl halides is 3. The molecule has 11 heteroatoms. The van der Waals surface area contributed by atoms with Crippen LogP contribution in [0.15, 0.2) is 24.3 Å². The molecule has 1 aromatic heterocycles. The van der Waals surface area contributed by atoms with E-state index in [1.807, 2.05) is 0 Å². The second-order valence-corrected chi connectivity index (χ2v) is 9.23. The summed E-state index contributed by atoms with van der Waals surface area (Å²) < 4.78 is 80.2. The molecular weight excluding hydrogens is 459 g/mol. The molecule has 3 heterocycles. The summed E-state index contributed by atoms with van der Waals surface area (Å²) in [5.74, 6) is -1.27. The van der Waals surface area contributed by atoms with Crippen LogP contribution >= 0.6 is 0 Å². The van der Waals surface area contributed by atoms with E-state index < -0.39 is 23.4 Å². The molecular formula is C23H25F5N4O2. The van der Waals surface area contributed by atoms with Crippen molar-refractivity contribution in [3.63, 3.8) is 0 Å². The fourth-order valence-corrected chi connectivity index (χ4v) is 5.33. The number of benzene rings is 1. The zero-order chi connectivity index (χ0) is 23.9. The molecule has 6 nitrogen and oxygen atoms in total. The highest BCUT2D eigenvalue weighted by atomic mass is 19.4. The van der Waals surface area contributed by atoms with Gasteiger partial charge in [-0.1, -0.05) is 0 Å². The summed E-state index contributed by atoms with van der Waals surface area (Å²) in [4.78, 5) is 2.34. The first-order valence-corrected chi connectivity index (χ1v) is 11.3. The van der Waals surface area contributed by atoms with Crippen molar-refractivity contribution in [3.8, 4) is 11.3 Å². The highest BCUT2D eigenvalue weighted by molar-refractivity contribution is 5.63. The first-order valence-electron chi connectivity index (χ1n) is 11.3. The number of aromatic nitrogens is 2. The predicted octanol–water partition coefficient (Wildman–Crippen LogP) is 3.98. The number of ether oxygens (including phenoxy) is 2. The van der Waals surface area contributed by atoms with Gasteiger partial charge < -0.3 is 19.7 Å². The Morgan fingerprint density at radius 2 is 1.79 bits per heavy atom. The Kier molecular flexibility index (Phi) is 6.43. The molecule has 2 aliphatic heterocycles. The zero-order valence-electron chi connectivity index (χ0n) is 18.3. The Hall–Kier alpha value is -2.37. The van der Waals surface area contributed by atoms with E-state index >= 15 is 0 Å². The lowest BCUT2D eigenvalue weighted by atomic mass is 10.0. The van der Waals surface area contributed by atoms with E-state index in [1.165, 1.54) is 0 Å². The maximum atomic E-state index is 14.1. The molecule has 4 atom stereocenters. The maximum Gasteiger partial charge on any atom is 0.420 e. The number of anilines is 1. The van der Waals surface area contributed by atoms with Crippen molar-refractivity contribution in [2.45, 2.75) is 31.2 Å². The molecule has 0 bridgehead atoms. The van der Waals surface area contributed by atoms with Gasteiger partial charge in [0.15, 0.2) is 5.82 Å². The fourth-order valence-electron chi connectivity index (χ4n) is 5.33. The molecule has 2 saturated heterocycles. The van der Waals surface area contributed by atoms with E-state index in [0.717, 1.165) is 56.7 Å². The van der Waals surface area contributed by atoms with Gasteiger partial charge in [-0.3, -0.25) is 0 Å². The van der Waals surface area contributed by atoms with Gasteiger partial charge in [-0.25, -0.2) is 8.78 Å². The minimum atomic E-state index is -4.73. The highest BCUT2D eigenvalue weighted by Gasteiger charge is 2.43. The lowest BCUT2D eigenvalue weighted by Gasteiger charge is -2.28. The Labute approximate surface area is 193 Å². The van der Waals surface area contributed by atoms with E-state index in [0.29, 0.717) is 31.7 Å². The van der Waals surface area contributed by atoms with Crippen molar-refractivity contribution in [1.29, 1.82) is 0 Å². The van der Waals surface area contributed by atoms with Crippen LogP contribution in [0.4, 0.5) is 27.8 Å². The second kappa shape index (κ2) is 9.35. The van der Waals surface area contributed by atoms with Gasteiger partial charge in [-0.15, -0.1) is 10.2 Å². The van der Waals surface area contributed by atoms with E-state index in [9.17, 15) is 22.0 Å². The summed E-state index contributed by atoms with van der Waals surface area (Å²) in [5.41, 5.74) is -1.79. The van der Waals surface area contributed by atoms with E-state index in [1.54, 1.807) is 0 Å². The number of nitrogens with zero attached hydrogens (tertiary/aromatic N) is 3. The van der Waals surface area contributed by atoms with Crippen molar-refractivity contribution < 1.29 is 31.4 Å². The first-order chi connectivity index (χ1) is 16.3. The number of hydrogen-bond donors (Lipinski definition) is 1. The molecule has 2 aromatic rings. The van der Waals surface area contributed by atoms with Crippen LogP contribution in [0.1, 0.15) is 18.4 Å². The number of rotatable bonds is 5. The van der Waals surface area contributed by atoms with Gasteiger partial charge in [0.1, 0.15) is 17.2 Å². The van der Waals surface area contributed by atoms with Gasteiger partial charge >= 0.3 is 6.18 Å². The summed E-state index contributed by atoms with van der Waals surface area (Å²) in [6.45, 7) is 4.36. The average Bonchev–Trinajstić information content (AvgIpc) is 3.33. The van der Waals surface area contributed by atoms with Crippen LogP contribution in [-0.2, 0) is 15.7 Å². The Morgan fingerprint density at radius 1 is 1.03 bits per heavy atom. The molecule has 3 aliphatic rings. The summed E-state index contributed by atoms with van der Waals surface area (Å²) in [6.07, 6.45) is -3.22. The first kappa shape index (κ1) is 23.4. The van der Waals surface area contributed by atoms with Gasteiger partial charge in [0.2, 0.25) is 0 Å². The number of likely N-dealkylation sites (tertiary alicyclic amines) is 1. The number of halogens is 5. The largest absolute Gasteiger partial charge is 0.420 e. The van der Waals surface area contributed by atoms with Gasteiger partial charge in [0.25, 0.3) is 0 Å². The lowest BCUT2D eigenvalue weighted by Crippen LogP contribution is -2.39. The molecule has 1 saturated carbocycles. The second-order valence-electron chi connectivity index (χ2n) is 9.23. The minimum Gasteiger partial charge on any atom is -0.376 e. The summed E-state index contributed by atoms with van der Waals surface area (Å²) in [6, 6.07) is 3.09. The molecule has 0 amide bonds. The molecule has 1 aliphatic carbocycles. The molecule has 34 heavy (non-hydrogen) atoms. The number of fused-ring (bicyclic) bond motifs is 1. The van der Waals surface area contributed by atoms with Crippen molar-refractivity contribution in [3.05, 3.63) is 41.5 Å². The fraction of sp³-hybridized carbons (Fsp3) is 0.565. The number of hydrogen-bond acceptors (Lipinski definition) is 6. The van der Waals surface area contributed by atoms with Crippen LogP contribution in [0.2, 0.25) is 0 Å². The average molecular weight is 484 g/mol. The Bertz CT molecular complexity index is 1020. The third-order valence-corrected chi connectivity index (χ3v) is 6.82. The standard InChI is InChI=1S/C23H25F5N4O2/c24-15-1-2-20(25)18(7-15)21-8-19(23(26,27)28)22(31-30-21)29-16-5-13-9-32(10-14(13)6-16)11-17-12-33-3-4-34-17/h1-2,7-8,13-14,16-17H,3-6,9-12H2,(H,29,31)/t13-,14+,16-,17-/m1/s1.